The van der Waals surface area contributed by atoms with Crippen LogP contribution in [-0.4, -0.2) is 23.2 Å². The lowest BCUT2D eigenvalue weighted by atomic mass is 10.1. The Morgan fingerprint density at radius 2 is 2.11 bits per heavy atom. The molecule has 0 saturated heterocycles. The SMILES string of the molecule is COc1cccc(-c2ccc(C(=O)O)c(Cl)n2)c1. The third kappa shape index (κ3) is 2.43. The first-order valence-electron chi connectivity index (χ1n) is 5.16. The second-order valence-electron chi connectivity index (χ2n) is 3.57. The van der Waals surface area contributed by atoms with Crippen LogP contribution in [-0.2, 0) is 0 Å². The lowest BCUT2D eigenvalue weighted by Gasteiger charge is -2.05. The van der Waals surface area contributed by atoms with Crippen LogP contribution in [0.1, 0.15) is 10.4 Å². The molecule has 5 heteroatoms. The molecule has 0 bridgehead atoms. The molecule has 2 rings (SSSR count). The zero-order chi connectivity index (χ0) is 13.1. The second-order valence-corrected chi connectivity index (χ2v) is 3.93. The van der Waals surface area contributed by atoms with E-state index in [1.807, 2.05) is 18.2 Å². The third-order valence-electron chi connectivity index (χ3n) is 2.44. The number of ether oxygens (including phenoxy) is 1. The number of aromatic nitrogens is 1. The van der Waals surface area contributed by atoms with Crippen LogP contribution >= 0.6 is 11.6 Å². The van der Waals surface area contributed by atoms with Crippen LogP contribution in [0.5, 0.6) is 5.75 Å². The molecule has 0 radical (unpaired) electrons. The minimum atomic E-state index is -1.09. The van der Waals surface area contributed by atoms with Gasteiger partial charge in [-0.2, -0.15) is 0 Å². The molecule has 0 aliphatic carbocycles. The van der Waals surface area contributed by atoms with Gasteiger partial charge in [0.05, 0.1) is 18.4 Å². The highest BCUT2D eigenvalue weighted by Crippen LogP contribution is 2.24. The fourth-order valence-electron chi connectivity index (χ4n) is 1.54. The molecule has 0 unspecified atom stereocenters. The quantitative estimate of drug-likeness (QED) is 0.865. The van der Waals surface area contributed by atoms with E-state index >= 15 is 0 Å². The summed E-state index contributed by atoms with van der Waals surface area (Å²) in [7, 11) is 1.58. The zero-order valence-electron chi connectivity index (χ0n) is 9.55. The number of halogens is 1. The highest BCUT2D eigenvalue weighted by molar-refractivity contribution is 6.32. The smallest absolute Gasteiger partial charge is 0.338 e. The number of methoxy groups -OCH3 is 1. The van der Waals surface area contributed by atoms with Crippen molar-refractivity contribution >= 4 is 17.6 Å². The zero-order valence-corrected chi connectivity index (χ0v) is 10.3. The Morgan fingerprint density at radius 1 is 1.33 bits per heavy atom. The Hall–Kier alpha value is -2.07. The Bertz CT molecular complexity index is 599. The van der Waals surface area contributed by atoms with Crippen molar-refractivity contribution in [2.45, 2.75) is 0 Å². The predicted molar refractivity (Wildman–Crippen MR) is 68.2 cm³/mol. The molecule has 1 heterocycles. The number of carbonyl (C=O) groups is 1. The van der Waals surface area contributed by atoms with E-state index in [9.17, 15) is 4.79 Å². The normalized spacial score (nSPS) is 10.1. The Labute approximate surface area is 109 Å². The van der Waals surface area contributed by atoms with Gasteiger partial charge in [0.25, 0.3) is 0 Å². The van der Waals surface area contributed by atoms with Gasteiger partial charge in [-0.1, -0.05) is 23.7 Å². The third-order valence-corrected chi connectivity index (χ3v) is 2.73. The largest absolute Gasteiger partial charge is 0.497 e. The fourth-order valence-corrected chi connectivity index (χ4v) is 1.77. The predicted octanol–water partition coefficient (Wildman–Crippen LogP) is 3.11. The summed E-state index contributed by atoms with van der Waals surface area (Å²) in [6.45, 7) is 0. The van der Waals surface area contributed by atoms with Crippen molar-refractivity contribution in [3.63, 3.8) is 0 Å². The van der Waals surface area contributed by atoms with Crippen LogP contribution in [0.4, 0.5) is 0 Å². The topological polar surface area (TPSA) is 59.4 Å². The van der Waals surface area contributed by atoms with Crippen LogP contribution in [0, 0.1) is 0 Å². The number of carboxylic acid groups (broad SMARTS) is 1. The number of aromatic carboxylic acids is 1. The van der Waals surface area contributed by atoms with E-state index in [1.165, 1.54) is 6.07 Å². The molecule has 0 amide bonds. The fraction of sp³-hybridized carbons (Fsp3) is 0.0769. The number of rotatable bonds is 3. The molecule has 0 fully saturated rings. The molecule has 1 aromatic heterocycles. The van der Waals surface area contributed by atoms with Crippen LogP contribution in [0.25, 0.3) is 11.3 Å². The Morgan fingerprint density at radius 3 is 2.72 bits per heavy atom. The first-order chi connectivity index (χ1) is 8.61. The maximum absolute atomic E-state index is 10.8. The van der Waals surface area contributed by atoms with E-state index < -0.39 is 5.97 Å². The van der Waals surface area contributed by atoms with E-state index in [4.69, 9.17) is 21.4 Å². The van der Waals surface area contributed by atoms with E-state index in [1.54, 1.807) is 19.2 Å². The summed E-state index contributed by atoms with van der Waals surface area (Å²) >= 11 is 5.82. The number of hydrogen-bond acceptors (Lipinski definition) is 3. The van der Waals surface area contributed by atoms with Crippen molar-refractivity contribution in [1.29, 1.82) is 0 Å². The Balaban J connectivity index is 2.45. The lowest BCUT2D eigenvalue weighted by molar-refractivity contribution is 0.0696. The highest BCUT2D eigenvalue weighted by Gasteiger charge is 2.11. The van der Waals surface area contributed by atoms with Crippen molar-refractivity contribution in [2.24, 2.45) is 0 Å². The molecular weight excluding hydrogens is 254 g/mol. The first kappa shape index (κ1) is 12.4. The summed E-state index contributed by atoms with van der Waals surface area (Å²) in [6.07, 6.45) is 0. The van der Waals surface area contributed by atoms with Crippen LogP contribution < -0.4 is 4.74 Å². The summed E-state index contributed by atoms with van der Waals surface area (Å²) in [5.41, 5.74) is 1.40. The lowest BCUT2D eigenvalue weighted by Crippen LogP contribution is -1.99. The molecule has 0 spiro atoms. The molecule has 0 atom stereocenters. The molecule has 1 aromatic carbocycles. The average molecular weight is 264 g/mol. The van der Waals surface area contributed by atoms with Gasteiger partial charge >= 0.3 is 5.97 Å². The van der Waals surface area contributed by atoms with Gasteiger partial charge in [-0.3, -0.25) is 0 Å². The number of benzene rings is 1. The average Bonchev–Trinajstić information content (AvgIpc) is 2.38. The van der Waals surface area contributed by atoms with Crippen molar-refractivity contribution in [3.8, 4) is 17.0 Å². The molecule has 0 aliphatic heterocycles. The van der Waals surface area contributed by atoms with E-state index in [0.29, 0.717) is 11.4 Å². The van der Waals surface area contributed by atoms with Crippen LogP contribution in [0.2, 0.25) is 5.15 Å². The standard InChI is InChI=1S/C13H10ClNO3/c1-18-9-4-2-3-8(7-9)11-6-5-10(13(16)17)12(14)15-11/h2-7H,1H3,(H,16,17). The van der Waals surface area contributed by atoms with E-state index in [2.05, 4.69) is 4.98 Å². The molecule has 18 heavy (non-hydrogen) atoms. The van der Waals surface area contributed by atoms with Gasteiger partial charge in [0, 0.05) is 5.56 Å². The summed E-state index contributed by atoms with van der Waals surface area (Å²) < 4.78 is 5.11. The van der Waals surface area contributed by atoms with Crippen molar-refractivity contribution < 1.29 is 14.6 Å². The summed E-state index contributed by atoms with van der Waals surface area (Å²) in [4.78, 5) is 14.9. The number of pyridine rings is 1. The number of hydrogen-bond donors (Lipinski definition) is 1. The van der Waals surface area contributed by atoms with Crippen molar-refractivity contribution in [1.82, 2.24) is 4.98 Å². The van der Waals surface area contributed by atoms with Gasteiger partial charge in [0.1, 0.15) is 10.9 Å². The van der Waals surface area contributed by atoms with E-state index in [-0.39, 0.29) is 10.7 Å². The monoisotopic (exact) mass is 263 g/mol. The van der Waals surface area contributed by atoms with Gasteiger partial charge in [0.2, 0.25) is 0 Å². The molecular formula is C13H10ClNO3. The number of carboxylic acids is 1. The maximum atomic E-state index is 10.8. The van der Waals surface area contributed by atoms with E-state index in [0.717, 1.165) is 5.56 Å². The molecule has 1 N–H and O–H groups in total. The Kier molecular flexibility index (Phi) is 3.48. The number of nitrogens with zero attached hydrogens (tertiary/aromatic N) is 1. The minimum absolute atomic E-state index is 0.0108. The highest BCUT2D eigenvalue weighted by atomic mass is 35.5. The molecule has 0 saturated carbocycles. The molecule has 0 aliphatic rings. The van der Waals surface area contributed by atoms with Gasteiger partial charge in [-0.05, 0) is 24.3 Å². The molecule has 4 nitrogen and oxygen atoms in total. The minimum Gasteiger partial charge on any atom is -0.497 e. The molecule has 2 aromatic rings. The summed E-state index contributed by atoms with van der Waals surface area (Å²) in [5, 5.41) is 8.84. The van der Waals surface area contributed by atoms with Gasteiger partial charge in [-0.15, -0.1) is 0 Å². The van der Waals surface area contributed by atoms with Gasteiger partial charge in [0.15, 0.2) is 0 Å². The molecule has 92 valence electrons. The van der Waals surface area contributed by atoms with Crippen molar-refractivity contribution in [3.05, 3.63) is 47.1 Å². The van der Waals surface area contributed by atoms with Gasteiger partial charge in [-0.25, -0.2) is 9.78 Å². The van der Waals surface area contributed by atoms with Crippen LogP contribution in [0.3, 0.4) is 0 Å². The summed E-state index contributed by atoms with van der Waals surface area (Å²) in [6, 6.07) is 10.4. The summed E-state index contributed by atoms with van der Waals surface area (Å²) in [5.74, 6) is -0.391. The van der Waals surface area contributed by atoms with Gasteiger partial charge < -0.3 is 9.84 Å². The first-order valence-corrected chi connectivity index (χ1v) is 5.54. The van der Waals surface area contributed by atoms with Crippen molar-refractivity contribution in [2.75, 3.05) is 7.11 Å². The second kappa shape index (κ2) is 5.06. The van der Waals surface area contributed by atoms with Crippen LogP contribution in [0.15, 0.2) is 36.4 Å². The maximum Gasteiger partial charge on any atom is 0.338 e.